The summed E-state index contributed by atoms with van der Waals surface area (Å²) in [6.45, 7) is 1.05. The Labute approximate surface area is 84.4 Å². The first-order chi connectivity index (χ1) is 6.92. The minimum Gasteiger partial charge on any atom is -0.438 e. The second kappa shape index (κ2) is 4.54. The van der Waals surface area contributed by atoms with Gasteiger partial charge in [0.25, 0.3) is 0 Å². The van der Waals surface area contributed by atoms with Crippen LogP contribution in [-0.2, 0) is 15.7 Å². The summed E-state index contributed by atoms with van der Waals surface area (Å²) in [4.78, 5) is 20.5. The minimum atomic E-state index is -4.52. The number of aromatic nitrogens is 1. The van der Waals surface area contributed by atoms with Gasteiger partial charge in [-0.1, -0.05) is 5.16 Å². The lowest BCUT2D eigenvalue weighted by molar-refractivity contribution is 0.175. The molecule has 0 amide bonds. The summed E-state index contributed by atoms with van der Waals surface area (Å²) >= 11 is 0. The third-order valence-electron chi connectivity index (χ3n) is 1.39. The first kappa shape index (κ1) is 11.9. The molecule has 0 saturated heterocycles. The van der Waals surface area contributed by atoms with E-state index < -0.39 is 14.4 Å². The average Bonchev–Trinajstić information content (AvgIpc) is 2.61. The van der Waals surface area contributed by atoms with Crippen LogP contribution in [0.5, 0.6) is 0 Å². The van der Waals surface area contributed by atoms with Crippen LogP contribution in [0, 0.1) is 0 Å². The fourth-order valence-corrected chi connectivity index (χ4v) is 1.03. The maximum absolute atomic E-state index is 10.3. The Morgan fingerprint density at radius 2 is 2.40 bits per heavy atom. The van der Waals surface area contributed by atoms with Crippen molar-refractivity contribution in [3.8, 4) is 0 Å². The summed E-state index contributed by atoms with van der Waals surface area (Å²) in [6.07, 6.45) is 1.22. The van der Waals surface area contributed by atoms with Gasteiger partial charge in [-0.3, -0.25) is 4.52 Å². The van der Waals surface area contributed by atoms with Gasteiger partial charge in [-0.2, -0.15) is 0 Å². The zero-order valence-corrected chi connectivity index (χ0v) is 8.59. The van der Waals surface area contributed by atoms with Gasteiger partial charge in [0.2, 0.25) is 5.89 Å². The normalized spacial score (nSPS) is 13.1. The van der Waals surface area contributed by atoms with Gasteiger partial charge >= 0.3 is 7.82 Å². The highest BCUT2D eigenvalue weighted by Crippen LogP contribution is 2.36. The van der Waals surface area contributed by atoms with E-state index in [1.165, 1.54) is 13.1 Å². The molecule has 3 N–H and O–H groups in total. The van der Waals surface area contributed by atoms with E-state index in [4.69, 9.17) is 19.4 Å². The molecule has 1 rings (SSSR count). The van der Waals surface area contributed by atoms with Crippen LogP contribution in [0.4, 0.5) is 0 Å². The summed E-state index contributed by atoms with van der Waals surface area (Å²) < 4.78 is 19.5. The standard InChI is InChI=1S/C6H9N2O6P/c1-4(8-9)6-7-2-5(14-6)3-13-15(10,11)12/h2,9H,3H2,1H3,(H2,10,11,12)/b8-4-. The highest BCUT2D eigenvalue weighted by Gasteiger charge is 2.16. The number of nitrogens with zero attached hydrogens (tertiary/aromatic N) is 2. The van der Waals surface area contributed by atoms with Crippen LogP contribution in [0.2, 0.25) is 0 Å². The Kier molecular flexibility index (Phi) is 3.59. The maximum atomic E-state index is 10.3. The zero-order valence-electron chi connectivity index (χ0n) is 7.69. The molecule has 0 aliphatic carbocycles. The molecule has 0 bridgehead atoms. The van der Waals surface area contributed by atoms with Crippen molar-refractivity contribution >= 4 is 13.5 Å². The summed E-state index contributed by atoms with van der Waals surface area (Å²) in [7, 11) is -4.52. The molecule has 0 aliphatic heterocycles. The van der Waals surface area contributed by atoms with Gasteiger partial charge < -0.3 is 19.4 Å². The summed E-state index contributed by atoms with van der Waals surface area (Å²) in [5, 5.41) is 11.2. The number of hydrogen-bond donors (Lipinski definition) is 3. The molecule has 1 aromatic heterocycles. The Balaban J connectivity index is 2.65. The molecule has 1 heterocycles. The van der Waals surface area contributed by atoms with E-state index in [1.54, 1.807) is 0 Å². The molecule has 84 valence electrons. The molecule has 15 heavy (non-hydrogen) atoms. The molecule has 0 atom stereocenters. The second-order valence-electron chi connectivity index (χ2n) is 2.58. The molecule has 8 nitrogen and oxygen atoms in total. The van der Waals surface area contributed by atoms with E-state index in [-0.39, 0.29) is 17.4 Å². The van der Waals surface area contributed by atoms with E-state index >= 15 is 0 Å². The van der Waals surface area contributed by atoms with E-state index in [2.05, 4.69) is 14.7 Å². The lowest BCUT2D eigenvalue weighted by Crippen LogP contribution is -1.93. The van der Waals surface area contributed by atoms with Gasteiger partial charge in [-0.15, -0.1) is 0 Å². The molecule has 0 aromatic carbocycles. The van der Waals surface area contributed by atoms with E-state index in [1.807, 2.05) is 0 Å². The van der Waals surface area contributed by atoms with Crippen molar-refractivity contribution in [3.05, 3.63) is 17.8 Å². The number of oxime groups is 1. The predicted octanol–water partition coefficient (Wildman–Crippen LogP) is 0.482. The van der Waals surface area contributed by atoms with Crippen LogP contribution < -0.4 is 0 Å². The molecule has 0 fully saturated rings. The molecule has 0 radical (unpaired) electrons. The smallest absolute Gasteiger partial charge is 0.438 e. The van der Waals surface area contributed by atoms with Crippen molar-refractivity contribution in [1.82, 2.24) is 4.98 Å². The Morgan fingerprint density at radius 1 is 1.73 bits per heavy atom. The van der Waals surface area contributed by atoms with Gasteiger partial charge in [-0.05, 0) is 6.92 Å². The van der Waals surface area contributed by atoms with Crippen molar-refractivity contribution in [2.45, 2.75) is 13.5 Å². The number of phosphoric ester groups is 1. The van der Waals surface area contributed by atoms with Crippen molar-refractivity contribution in [2.24, 2.45) is 5.16 Å². The monoisotopic (exact) mass is 236 g/mol. The average molecular weight is 236 g/mol. The van der Waals surface area contributed by atoms with E-state index in [9.17, 15) is 4.57 Å². The SMILES string of the molecule is C/C(=N/O)c1ncc(COP(=O)(O)O)o1. The fourth-order valence-electron chi connectivity index (χ4n) is 0.732. The van der Waals surface area contributed by atoms with Gasteiger partial charge in [0.05, 0.1) is 6.20 Å². The van der Waals surface area contributed by atoms with E-state index in [0.717, 1.165) is 0 Å². The minimum absolute atomic E-state index is 0.0572. The topological polar surface area (TPSA) is 125 Å². The zero-order chi connectivity index (χ0) is 11.5. The lowest BCUT2D eigenvalue weighted by Gasteiger charge is -2.01. The first-order valence-corrected chi connectivity index (χ1v) is 5.29. The Bertz CT molecular complexity index is 408. The molecule has 0 aliphatic rings. The van der Waals surface area contributed by atoms with E-state index in [0.29, 0.717) is 0 Å². The first-order valence-electron chi connectivity index (χ1n) is 3.76. The number of hydrogen-bond acceptors (Lipinski definition) is 6. The number of rotatable bonds is 4. The van der Waals surface area contributed by atoms with Crippen LogP contribution in [0.1, 0.15) is 18.6 Å². The maximum Gasteiger partial charge on any atom is 0.470 e. The van der Waals surface area contributed by atoms with Gasteiger partial charge in [0, 0.05) is 0 Å². The van der Waals surface area contributed by atoms with Crippen LogP contribution in [-0.4, -0.2) is 25.7 Å². The van der Waals surface area contributed by atoms with Crippen molar-refractivity contribution < 1.29 is 28.5 Å². The molecular formula is C6H9N2O6P. The molecule has 0 saturated carbocycles. The third-order valence-corrected chi connectivity index (χ3v) is 1.85. The van der Waals surface area contributed by atoms with Crippen molar-refractivity contribution in [1.29, 1.82) is 0 Å². The van der Waals surface area contributed by atoms with Gasteiger partial charge in [-0.25, -0.2) is 9.55 Å². The fraction of sp³-hybridized carbons (Fsp3) is 0.333. The summed E-state index contributed by atoms with van der Waals surface area (Å²) in [6, 6.07) is 0. The van der Waals surface area contributed by atoms with Gasteiger partial charge in [0.15, 0.2) is 5.76 Å². The number of oxazole rings is 1. The van der Waals surface area contributed by atoms with Crippen molar-refractivity contribution in [2.75, 3.05) is 0 Å². The largest absolute Gasteiger partial charge is 0.470 e. The quantitative estimate of drug-likeness (QED) is 0.300. The summed E-state index contributed by atoms with van der Waals surface area (Å²) in [5.74, 6) is 0.179. The lowest BCUT2D eigenvalue weighted by atomic mass is 10.4. The van der Waals surface area contributed by atoms with Crippen molar-refractivity contribution in [3.63, 3.8) is 0 Å². The molecule has 0 unspecified atom stereocenters. The molecule has 9 heteroatoms. The Morgan fingerprint density at radius 3 is 2.93 bits per heavy atom. The Hall–Kier alpha value is -1.21. The highest BCUT2D eigenvalue weighted by atomic mass is 31.2. The molecular weight excluding hydrogens is 227 g/mol. The third kappa shape index (κ3) is 3.80. The second-order valence-corrected chi connectivity index (χ2v) is 3.82. The number of phosphoric acid groups is 1. The van der Waals surface area contributed by atoms with Crippen LogP contribution in [0.3, 0.4) is 0 Å². The van der Waals surface area contributed by atoms with Crippen LogP contribution in [0.25, 0.3) is 0 Å². The molecule has 1 aromatic rings. The van der Waals surface area contributed by atoms with Crippen LogP contribution >= 0.6 is 7.82 Å². The highest BCUT2D eigenvalue weighted by molar-refractivity contribution is 7.46. The molecule has 0 spiro atoms. The summed E-state index contributed by atoms with van der Waals surface area (Å²) in [5.41, 5.74) is 0.150. The van der Waals surface area contributed by atoms with Gasteiger partial charge in [0.1, 0.15) is 12.3 Å². The van der Waals surface area contributed by atoms with Crippen LogP contribution in [0.15, 0.2) is 15.8 Å². The predicted molar refractivity (Wildman–Crippen MR) is 47.3 cm³/mol.